The van der Waals surface area contributed by atoms with Crippen LogP contribution in [0.4, 0.5) is 37.6 Å². The molecule has 0 radical (unpaired) electrons. The van der Waals surface area contributed by atoms with E-state index in [1.165, 1.54) is 49.8 Å². The van der Waals surface area contributed by atoms with E-state index < -0.39 is 20.0 Å². The van der Waals surface area contributed by atoms with Crippen molar-refractivity contribution in [3.8, 4) is 0 Å². The van der Waals surface area contributed by atoms with Crippen molar-refractivity contribution in [1.29, 1.82) is 0 Å². The van der Waals surface area contributed by atoms with Gasteiger partial charge in [-0.25, -0.2) is 26.8 Å². The Kier molecular flexibility index (Phi) is 20.6. The van der Waals surface area contributed by atoms with Crippen LogP contribution < -0.4 is 29.5 Å². The highest BCUT2D eigenvalue weighted by Crippen LogP contribution is 2.38. The monoisotopic (exact) mass is 1280 g/mol. The van der Waals surface area contributed by atoms with Gasteiger partial charge in [0.05, 0.1) is 71.8 Å². The number of carbonyl (C=O) groups excluding carboxylic acids is 2. The molecule has 3 N–H and O–H groups in total. The third kappa shape index (κ3) is 15.0. The van der Waals surface area contributed by atoms with Crippen LogP contribution in [0.25, 0.3) is 11.3 Å². The van der Waals surface area contributed by atoms with Crippen LogP contribution in [0.3, 0.4) is 0 Å². The number of piperidine rings is 4. The molecule has 6 aliphatic rings. The zero-order valence-corrected chi connectivity index (χ0v) is 51.8. The second kappa shape index (κ2) is 27.5. The molecule has 12 rings (SSSR count). The number of likely N-dealkylation sites (tertiary alicyclic amines) is 2. The summed E-state index contributed by atoms with van der Waals surface area (Å²) < 4.78 is 83.4. The number of amides is 2. The van der Waals surface area contributed by atoms with Gasteiger partial charge in [-0.3, -0.25) is 27.8 Å². The molecule has 456 valence electrons. The number of carbonyl (C=O) groups is 2. The van der Waals surface area contributed by atoms with Crippen molar-refractivity contribution in [2.45, 2.75) is 89.1 Å². The highest BCUT2D eigenvalue weighted by atomic mass is 35.5. The predicted molar refractivity (Wildman–Crippen MR) is 329 cm³/mol. The van der Waals surface area contributed by atoms with Crippen LogP contribution in [0, 0.1) is 11.8 Å². The summed E-state index contributed by atoms with van der Waals surface area (Å²) in [6.07, 6.45) is 13.0. The minimum absolute atomic E-state index is 0. The Balaban J connectivity index is 0.000000187. The lowest BCUT2D eigenvalue weighted by Gasteiger charge is -2.36. The highest BCUT2D eigenvalue weighted by molar-refractivity contribution is 7.92. The summed E-state index contributed by atoms with van der Waals surface area (Å²) >= 11 is 18.8. The number of benzene rings is 2. The van der Waals surface area contributed by atoms with Gasteiger partial charge in [-0.15, -0.1) is 12.4 Å². The molecule has 6 saturated heterocycles. The standard InChI is InChI=1S/C28H35ClFN7O3S.C25H29Cl2FN6O3S.C3H7N.ClH/c1-41(39,40)33-22-9-8-20(29)14-21(22)28(38)36-13-3-2-7-24(36)23-15-26-31-25(34-11-5-12-34)16-27(37(26)32-23)35-10-4-6-19(17-30)18-35;1-38(36,37)31-19-8-7-17(26)11-18(19)25(35)33-10-3-2-6-21(33)20-12-23-29-22(27)13-24(34(23)30-20)32-9-4-5-16(14-28)15-32;1-2-4-3-1;/h8-9,14-16,19,24,33H,2-7,10-13,17-18H2,1H3;7-8,11-13,16,21,31H,2-6,9-10,14-15H2,1H3;4H,1-3H2;1H/t19-,24-;16-,21-;;/m00../s1. The van der Waals surface area contributed by atoms with E-state index in [2.05, 4.69) is 40.5 Å². The Morgan fingerprint density at radius 2 is 1.01 bits per heavy atom. The van der Waals surface area contributed by atoms with E-state index in [1.807, 2.05) is 16.6 Å². The number of rotatable bonds is 13. The Morgan fingerprint density at radius 3 is 1.43 bits per heavy atom. The molecule has 2 amide bonds. The molecule has 20 nitrogen and oxygen atoms in total. The zero-order chi connectivity index (χ0) is 58.6. The molecular formula is C56H72Cl4F2N14O6S2. The number of nitrogens with zero attached hydrogens (tertiary/aromatic N) is 11. The molecule has 6 aromatic rings. The van der Waals surface area contributed by atoms with Crippen molar-refractivity contribution in [1.82, 2.24) is 44.3 Å². The topological polar surface area (TPSA) is 215 Å². The normalized spacial score (nSPS) is 21.1. The predicted octanol–water partition coefficient (Wildman–Crippen LogP) is 9.88. The van der Waals surface area contributed by atoms with Crippen LogP contribution in [0.2, 0.25) is 15.2 Å². The third-order valence-corrected chi connectivity index (χ3v) is 17.9. The molecule has 0 unspecified atom stereocenters. The van der Waals surface area contributed by atoms with Gasteiger partial charge in [0.2, 0.25) is 20.0 Å². The molecule has 0 spiro atoms. The first kappa shape index (κ1) is 63.0. The molecule has 0 aliphatic carbocycles. The van der Waals surface area contributed by atoms with E-state index in [0.717, 1.165) is 120 Å². The lowest BCUT2D eigenvalue weighted by Crippen LogP contribution is -2.40. The van der Waals surface area contributed by atoms with Gasteiger partial charge in [0, 0.05) is 98.5 Å². The second-order valence-electron chi connectivity index (χ2n) is 22.4. The van der Waals surface area contributed by atoms with Crippen LogP contribution >= 0.6 is 47.2 Å². The number of hydrogen-bond donors (Lipinski definition) is 3. The number of fused-ring (bicyclic) bond motifs is 2. The van der Waals surface area contributed by atoms with E-state index in [4.69, 9.17) is 50.0 Å². The molecule has 4 atom stereocenters. The van der Waals surface area contributed by atoms with E-state index >= 15 is 0 Å². The van der Waals surface area contributed by atoms with Crippen LogP contribution in [-0.2, 0) is 20.0 Å². The number of halogens is 6. The van der Waals surface area contributed by atoms with Crippen LogP contribution in [0.15, 0.2) is 60.7 Å². The fourth-order valence-corrected chi connectivity index (χ4v) is 13.3. The number of hydrogen-bond acceptors (Lipinski definition) is 14. The van der Waals surface area contributed by atoms with Crippen LogP contribution in [0.1, 0.15) is 121 Å². The summed E-state index contributed by atoms with van der Waals surface area (Å²) in [5, 5.41) is 13.9. The molecule has 10 heterocycles. The Hall–Kier alpha value is -5.50. The first-order valence-electron chi connectivity index (χ1n) is 28.5. The van der Waals surface area contributed by atoms with Gasteiger partial charge in [0.25, 0.3) is 11.8 Å². The van der Waals surface area contributed by atoms with E-state index in [1.54, 1.807) is 26.4 Å². The van der Waals surface area contributed by atoms with Crippen molar-refractivity contribution < 1.29 is 35.2 Å². The molecule has 4 aromatic heterocycles. The van der Waals surface area contributed by atoms with Crippen molar-refractivity contribution in [3.05, 3.63) is 98.4 Å². The van der Waals surface area contributed by atoms with Gasteiger partial charge >= 0.3 is 0 Å². The maximum absolute atomic E-state index is 14.0. The lowest BCUT2D eigenvalue weighted by molar-refractivity contribution is 0.0600. The summed E-state index contributed by atoms with van der Waals surface area (Å²) in [6, 6.07) is 16.0. The first-order chi connectivity index (χ1) is 39.8. The first-order valence-corrected chi connectivity index (χ1v) is 33.5. The number of alkyl halides is 2. The number of sulfonamides is 2. The van der Waals surface area contributed by atoms with E-state index in [9.17, 15) is 35.2 Å². The minimum atomic E-state index is -3.61. The van der Waals surface area contributed by atoms with Crippen LogP contribution in [0.5, 0.6) is 0 Å². The molecule has 84 heavy (non-hydrogen) atoms. The van der Waals surface area contributed by atoms with Crippen molar-refractivity contribution in [2.75, 3.05) is 115 Å². The van der Waals surface area contributed by atoms with Crippen LogP contribution in [-0.4, -0.2) is 159 Å². The van der Waals surface area contributed by atoms with Gasteiger partial charge < -0.3 is 29.8 Å². The summed E-state index contributed by atoms with van der Waals surface area (Å²) in [5.41, 5.74) is 3.36. The number of nitrogens with one attached hydrogen (secondary N) is 3. The summed E-state index contributed by atoms with van der Waals surface area (Å²) in [6.45, 7) is 7.45. The molecule has 0 bridgehead atoms. The molecule has 2 aromatic carbocycles. The molecule has 28 heteroatoms. The second-order valence-corrected chi connectivity index (χ2v) is 27.2. The van der Waals surface area contributed by atoms with Gasteiger partial charge in [-0.2, -0.15) is 19.2 Å². The van der Waals surface area contributed by atoms with Gasteiger partial charge in [-0.05, 0) is 127 Å². The maximum atomic E-state index is 14.0. The Bertz CT molecular complexity index is 3550. The fourth-order valence-electron chi connectivity index (χ4n) is 11.6. The summed E-state index contributed by atoms with van der Waals surface area (Å²) in [7, 11) is -7.22. The Morgan fingerprint density at radius 1 is 0.571 bits per heavy atom. The van der Waals surface area contributed by atoms with Gasteiger partial charge in [-0.1, -0.05) is 34.8 Å². The molecule has 0 saturated carbocycles. The Labute approximate surface area is 510 Å². The summed E-state index contributed by atoms with van der Waals surface area (Å²) in [5.74, 6) is 1.83. The molecular weight excluding hydrogens is 1210 g/mol. The highest BCUT2D eigenvalue weighted by Gasteiger charge is 2.36. The zero-order valence-electron chi connectivity index (χ0n) is 47.0. The number of anilines is 5. The summed E-state index contributed by atoms with van der Waals surface area (Å²) in [4.78, 5) is 47.2. The SMILES string of the molecule is C1CNC1.CS(=O)(=O)Nc1ccc(Cl)cc1C(=O)N1CCCC[C@H]1c1cc2nc(Cl)cc(N3CCC[C@@H](CF)C3)n2n1.CS(=O)(=O)Nc1ccc(Cl)cc1C(=O)N1CCCC[C@H]1c1cc2nc(N3CCC3)cc(N3CCC[C@@H](CF)C3)n2n1.Cl. The van der Waals surface area contributed by atoms with Crippen molar-refractivity contribution in [2.24, 2.45) is 11.8 Å². The van der Waals surface area contributed by atoms with Gasteiger partial charge in [0.15, 0.2) is 11.3 Å². The smallest absolute Gasteiger partial charge is 0.256 e. The van der Waals surface area contributed by atoms with E-state index in [-0.39, 0.29) is 84.0 Å². The minimum Gasteiger partial charge on any atom is -0.356 e. The van der Waals surface area contributed by atoms with Crippen molar-refractivity contribution >= 4 is 119 Å². The molecule has 6 fully saturated rings. The van der Waals surface area contributed by atoms with E-state index in [0.29, 0.717) is 71.2 Å². The average molecular weight is 1280 g/mol. The fraction of sp³-hybridized carbons (Fsp3) is 0.536. The maximum Gasteiger partial charge on any atom is 0.256 e. The van der Waals surface area contributed by atoms with Gasteiger partial charge in [0.1, 0.15) is 22.6 Å². The average Bonchev–Trinajstić information content (AvgIpc) is 3.12. The third-order valence-electron chi connectivity index (χ3n) is 16.0. The van der Waals surface area contributed by atoms with Crippen molar-refractivity contribution in [3.63, 3.8) is 0 Å². The largest absolute Gasteiger partial charge is 0.356 e. The lowest BCUT2D eigenvalue weighted by atomic mass is 9.98. The molecule has 6 aliphatic heterocycles. The number of aromatic nitrogens is 6. The quantitative estimate of drug-likeness (QED) is 0.0918.